The van der Waals surface area contributed by atoms with Crippen LogP contribution in [-0.4, -0.2) is 34.4 Å². The first-order valence-corrected chi connectivity index (χ1v) is 6.78. The lowest BCUT2D eigenvalue weighted by Gasteiger charge is -2.08. The predicted octanol–water partition coefficient (Wildman–Crippen LogP) is 2.34. The summed E-state index contributed by atoms with van der Waals surface area (Å²) in [5, 5.41) is 3.74. The Hall–Kier alpha value is -1.34. The highest BCUT2D eigenvalue weighted by atomic mass is 35.5. The summed E-state index contributed by atoms with van der Waals surface area (Å²) in [4.78, 5) is 12.3. The van der Waals surface area contributed by atoms with Gasteiger partial charge in [-0.05, 0) is 6.26 Å². The van der Waals surface area contributed by atoms with Crippen LogP contribution in [0.4, 0.5) is 10.2 Å². The van der Waals surface area contributed by atoms with Gasteiger partial charge in [0.15, 0.2) is 16.1 Å². The number of hydrogen-bond donors (Lipinski definition) is 1. The Bertz CT molecular complexity index is 639. The molecule has 2 aromatic rings. The molecule has 0 aromatic carbocycles. The lowest BCUT2D eigenvalue weighted by Crippen LogP contribution is -2.09. The van der Waals surface area contributed by atoms with Gasteiger partial charge in [0.1, 0.15) is 23.3 Å². The molecule has 0 fully saturated rings. The zero-order valence-corrected chi connectivity index (χ0v) is 10.9. The molecule has 0 amide bonds. The van der Waals surface area contributed by atoms with E-state index in [1.165, 1.54) is 11.8 Å². The van der Waals surface area contributed by atoms with Crippen molar-refractivity contribution >= 4 is 40.1 Å². The van der Waals surface area contributed by atoms with Crippen molar-refractivity contribution in [2.24, 2.45) is 0 Å². The molecule has 0 bridgehead atoms. The summed E-state index contributed by atoms with van der Waals surface area (Å²) >= 11 is 7.07. The van der Waals surface area contributed by atoms with Crippen molar-refractivity contribution in [3.63, 3.8) is 0 Å². The minimum Gasteiger partial charge on any atom is -0.475 e. The molecule has 0 unspecified atom stereocenters. The Morgan fingerprint density at radius 2 is 2.22 bits per heavy atom. The Kier molecular flexibility index (Phi) is 2.87. The molecule has 1 aliphatic rings. The van der Waals surface area contributed by atoms with Gasteiger partial charge in [-0.3, -0.25) is 0 Å². The lowest BCUT2D eigenvalue weighted by molar-refractivity contribution is 0.326. The summed E-state index contributed by atoms with van der Waals surface area (Å²) in [6, 6.07) is 0. The number of halogens is 2. The number of ether oxygens (including phenoxy) is 1. The fraction of sp³-hybridized carbons (Fsp3) is 0.300. The molecule has 0 saturated heterocycles. The number of aromatic nitrogens is 3. The molecule has 0 spiro atoms. The summed E-state index contributed by atoms with van der Waals surface area (Å²) in [6.07, 6.45) is 1.82. The van der Waals surface area contributed by atoms with Crippen LogP contribution in [0.5, 0.6) is 5.88 Å². The standard InChI is InChI=1S/C10H8ClFN4OS/c1-18-10-14-6-4-8(16-10)13-2-3-17-9(4)15-7(11)5(6)12/h2-3H2,1H3,(H,13,14,16). The molecule has 1 N–H and O–H groups in total. The van der Waals surface area contributed by atoms with Gasteiger partial charge in [0.25, 0.3) is 0 Å². The Balaban J connectivity index is 2.43. The van der Waals surface area contributed by atoms with Crippen molar-refractivity contribution in [1.82, 2.24) is 15.0 Å². The van der Waals surface area contributed by atoms with E-state index >= 15 is 0 Å². The summed E-state index contributed by atoms with van der Waals surface area (Å²) < 4.78 is 19.4. The van der Waals surface area contributed by atoms with Gasteiger partial charge in [-0.25, -0.2) is 14.4 Å². The number of nitrogens with zero attached hydrogens (tertiary/aromatic N) is 3. The Morgan fingerprint density at radius 1 is 1.39 bits per heavy atom. The van der Waals surface area contributed by atoms with E-state index in [-0.39, 0.29) is 16.5 Å². The van der Waals surface area contributed by atoms with Crippen molar-refractivity contribution in [1.29, 1.82) is 0 Å². The highest BCUT2D eigenvalue weighted by molar-refractivity contribution is 7.98. The summed E-state index contributed by atoms with van der Waals surface area (Å²) in [7, 11) is 0. The number of anilines is 1. The molecule has 5 nitrogen and oxygen atoms in total. The van der Waals surface area contributed by atoms with E-state index in [1.807, 2.05) is 6.26 Å². The topological polar surface area (TPSA) is 59.9 Å². The van der Waals surface area contributed by atoms with E-state index in [9.17, 15) is 4.39 Å². The van der Waals surface area contributed by atoms with E-state index in [0.717, 1.165) is 0 Å². The summed E-state index contributed by atoms with van der Waals surface area (Å²) in [6.45, 7) is 0.977. The molecular weight excluding hydrogens is 279 g/mol. The molecule has 2 aromatic heterocycles. The SMILES string of the molecule is CSc1nc2c3c(nc(Cl)c(F)c3n1)OCCN2. The maximum atomic E-state index is 14.0. The molecule has 8 heteroatoms. The van der Waals surface area contributed by atoms with Crippen molar-refractivity contribution < 1.29 is 9.13 Å². The number of nitrogens with one attached hydrogen (secondary N) is 1. The molecule has 0 atom stereocenters. The fourth-order valence-electron chi connectivity index (χ4n) is 1.73. The van der Waals surface area contributed by atoms with Crippen molar-refractivity contribution in [3.05, 3.63) is 11.0 Å². The van der Waals surface area contributed by atoms with Crippen LogP contribution >= 0.6 is 23.4 Å². The van der Waals surface area contributed by atoms with Crippen molar-refractivity contribution in [2.75, 3.05) is 24.7 Å². The van der Waals surface area contributed by atoms with Gasteiger partial charge in [0.2, 0.25) is 5.88 Å². The van der Waals surface area contributed by atoms with Crippen LogP contribution in [0, 0.1) is 5.82 Å². The molecule has 94 valence electrons. The average molecular weight is 287 g/mol. The molecule has 0 saturated carbocycles. The average Bonchev–Trinajstić information content (AvgIpc) is 2.58. The summed E-state index contributed by atoms with van der Waals surface area (Å²) in [5.74, 6) is 0.144. The highest BCUT2D eigenvalue weighted by Gasteiger charge is 2.22. The van der Waals surface area contributed by atoms with Crippen LogP contribution in [0.25, 0.3) is 10.9 Å². The highest BCUT2D eigenvalue weighted by Crippen LogP contribution is 2.35. The molecule has 3 rings (SSSR count). The molecule has 0 aliphatic carbocycles. The second kappa shape index (κ2) is 4.40. The van der Waals surface area contributed by atoms with Crippen LogP contribution in [0.3, 0.4) is 0 Å². The van der Waals surface area contributed by atoms with Crippen LogP contribution < -0.4 is 10.1 Å². The van der Waals surface area contributed by atoms with Gasteiger partial charge in [-0.2, -0.15) is 4.98 Å². The maximum Gasteiger partial charge on any atom is 0.228 e. The van der Waals surface area contributed by atoms with E-state index in [2.05, 4.69) is 20.3 Å². The van der Waals surface area contributed by atoms with E-state index in [4.69, 9.17) is 16.3 Å². The van der Waals surface area contributed by atoms with Crippen molar-refractivity contribution in [3.8, 4) is 5.88 Å². The normalized spacial score (nSPS) is 13.9. The monoisotopic (exact) mass is 286 g/mol. The van der Waals surface area contributed by atoms with Gasteiger partial charge in [0, 0.05) is 0 Å². The lowest BCUT2D eigenvalue weighted by atomic mass is 10.2. The van der Waals surface area contributed by atoms with Crippen LogP contribution in [0.15, 0.2) is 5.16 Å². The summed E-state index contributed by atoms with van der Waals surface area (Å²) in [5.41, 5.74) is 0.133. The van der Waals surface area contributed by atoms with E-state index < -0.39 is 5.82 Å². The fourth-order valence-corrected chi connectivity index (χ4v) is 2.27. The second-order valence-electron chi connectivity index (χ2n) is 3.58. The maximum absolute atomic E-state index is 14.0. The van der Waals surface area contributed by atoms with Crippen LogP contribution in [-0.2, 0) is 0 Å². The third-order valence-corrected chi connectivity index (χ3v) is 3.31. The number of rotatable bonds is 1. The predicted molar refractivity (Wildman–Crippen MR) is 68.1 cm³/mol. The Labute approximate surface area is 111 Å². The number of pyridine rings is 1. The zero-order valence-electron chi connectivity index (χ0n) is 9.33. The van der Waals surface area contributed by atoms with Crippen LogP contribution in [0.2, 0.25) is 5.15 Å². The van der Waals surface area contributed by atoms with Crippen molar-refractivity contribution in [2.45, 2.75) is 5.16 Å². The van der Waals surface area contributed by atoms with Gasteiger partial charge in [0.05, 0.1) is 6.54 Å². The first-order valence-electron chi connectivity index (χ1n) is 5.18. The first kappa shape index (κ1) is 11.7. The molecule has 1 aliphatic heterocycles. The third kappa shape index (κ3) is 1.74. The molecule has 18 heavy (non-hydrogen) atoms. The van der Waals surface area contributed by atoms with E-state index in [1.54, 1.807) is 0 Å². The number of thioether (sulfide) groups is 1. The van der Waals surface area contributed by atoms with Crippen LogP contribution in [0.1, 0.15) is 0 Å². The second-order valence-corrected chi connectivity index (χ2v) is 4.71. The van der Waals surface area contributed by atoms with Gasteiger partial charge in [-0.1, -0.05) is 23.4 Å². The Morgan fingerprint density at radius 3 is 3.00 bits per heavy atom. The zero-order chi connectivity index (χ0) is 12.7. The molecule has 3 heterocycles. The largest absolute Gasteiger partial charge is 0.475 e. The van der Waals surface area contributed by atoms with Gasteiger partial charge < -0.3 is 10.1 Å². The number of hydrogen-bond acceptors (Lipinski definition) is 6. The third-order valence-electron chi connectivity index (χ3n) is 2.51. The van der Waals surface area contributed by atoms with Gasteiger partial charge in [-0.15, -0.1) is 0 Å². The van der Waals surface area contributed by atoms with E-state index in [0.29, 0.717) is 29.5 Å². The van der Waals surface area contributed by atoms with Gasteiger partial charge >= 0.3 is 0 Å². The quantitative estimate of drug-likeness (QED) is 0.493. The first-order chi connectivity index (χ1) is 8.70. The molecule has 0 radical (unpaired) electrons. The minimum absolute atomic E-state index is 0.133. The smallest absolute Gasteiger partial charge is 0.228 e. The minimum atomic E-state index is -0.651. The molecular formula is C10H8ClFN4OS.